The summed E-state index contributed by atoms with van der Waals surface area (Å²) in [4.78, 5) is 12.0. The summed E-state index contributed by atoms with van der Waals surface area (Å²) in [5.74, 6) is 0.112. The van der Waals surface area contributed by atoms with Gasteiger partial charge in [-0.3, -0.25) is 4.79 Å². The van der Waals surface area contributed by atoms with Crippen LogP contribution in [0.4, 0.5) is 0 Å². The number of hydrogen-bond donors (Lipinski definition) is 2. The molecule has 3 nitrogen and oxygen atoms in total. The Balaban J connectivity index is 1.89. The van der Waals surface area contributed by atoms with Crippen molar-refractivity contribution in [1.82, 2.24) is 10.6 Å². The Bertz CT molecular complexity index is 424. The highest BCUT2D eigenvalue weighted by Crippen LogP contribution is 2.22. The van der Waals surface area contributed by atoms with Crippen molar-refractivity contribution in [2.45, 2.75) is 31.8 Å². The third kappa shape index (κ3) is 1.83. The van der Waals surface area contributed by atoms with Crippen molar-refractivity contribution in [3.8, 4) is 0 Å². The first kappa shape index (κ1) is 9.85. The molecule has 1 fully saturated rings. The minimum atomic E-state index is 0.112. The van der Waals surface area contributed by atoms with Crippen LogP contribution in [-0.2, 0) is 13.0 Å². The van der Waals surface area contributed by atoms with Crippen LogP contribution in [0.2, 0.25) is 0 Å². The van der Waals surface area contributed by atoms with E-state index in [1.807, 2.05) is 12.1 Å². The molecule has 84 valence electrons. The van der Waals surface area contributed by atoms with Gasteiger partial charge in [0.25, 0.3) is 5.91 Å². The molecule has 1 aliphatic carbocycles. The standard InChI is InChI=1S/C13H16N2O/c16-13(15-10-4-5-10)12-3-1-2-9-8-14-7-6-11(9)12/h1-3,10,14H,4-8H2,(H,15,16). The Morgan fingerprint density at radius 1 is 1.38 bits per heavy atom. The van der Waals surface area contributed by atoms with Crippen molar-refractivity contribution in [1.29, 1.82) is 0 Å². The largest absolute Gasteiger partial charge is 0.349 e. The predicted octanol–water partition coefficient (Wildman–Crippen LogP) is 1.22. The van der Waals surface area contributed by atoms with E-state index in [2.05, 4.69) is 16.7 Å². The van der Waals surface area contributed by atoms with Gasteiger partial charge in [-0.2, -0.15) is 0 Å². The monoisotopic (exact) mass is 216 g/mol. The van der Waals surface area contributed by atoms with Crippen molar-refractivity contribution in [3.05, 3.63) is 34.9 Å². The summed E-state index contributed by atoms with van der Waals surface area (Å²) >= 11 is 0. The fraction of sp³-hybridized carbons (Fsp3) is 0.462. The van der Waals surface area contributed by atoms with Crippen molar-refractivity contribution < 1.29 is 4.79 Å². The summed E-state index contributed by atoms with van der Waals surface area (Å²) in [6.07, 6.45) is 3.24. The highest BCUT2D eigenvalue weighted by Gasteiger charge is 2.25. The number of rotatable bonds is 2. The molecule has 1 aliphatic heterocycles. The molecule has 2 N–H and O–H groups in total. The highest BCUT2D eigenvalue weighted by molar-refractivity contribution is 5.96. The van der Waals surface area contributed by atoms with Crippen LogP contribution in [0.5, 0.6) is 0 Å². The first-order chi connectivity index (χ1) is 7.84. The van der Waals surface area contributed by atoms with Crippen LogP contribution in [0, 0.1) is 0 Å². The molecule has 3 heteroatoms. The SMILES string of the molecule is O=C(NC1CC1)c1cccc2c1CCNC2. The molecule has 16 heavy (non-hydrogen) atoms. The average Bonchev–Trinajstić information content (AvgIpc) is 3.12. The third-order valence-electron chi connectivity index (χ3n) is 3.30. The maximum absolute atomic E-state index is 12.0. The lowest BCUT2D eigenvalue weighted by Crippen LogP contribution is -2.30. The van der Waals surface area contributed by atoms with Gasteiger partial charge in [0.1, 0.15) is 0 Å². The molecule has 1 aromatic rings. The first-order valence-corrected chi connectivity index (χ1v) is 5.97. The van der Waals surface area contributed by atoms with E-state index >= 15 is 0 Å². The molecular weight excluding hydrogens is 200 g/mol. The lowest BCUT2D eigenvalue weighted by Gasteiger charge is -2.19. The van der Waals surface area contributed by atoms with E-state index in [1.165, 1.54) is 11.1 Å². The second-order valence-electron chi connectivity index (χ2n) is 4.62. The zero-order valence-electron chi connectivity index (χ0n) is 9.25. The Morgan fingerprint density at radius 3 is 3.06 bits per heavy atom. The van der Waals surface area contributed by atoms with Crippen molar-refractivity contribution in [2.24, 2.45) is 0 Å². The van der Waals surface area contributed by atoms with Gasteiger partial charge in [0.15, 0.2) is 0 Å². The van der Waals surface area contributed by atoms with Gasteiger partial charge >= 0.3 is 0 Å². The molecule has 1 aromatic carbocycles. The average molecular weight is 216 g/mol. The molecule has 0 bridgehead atoms. The first-order valence-electron chi connectivity index (χ1n) is 5.97. The summed E-state index contributed by atoms with van der Waals surface area (Å²) in [5.41, 5.74) is 3.39. The summed E-state index contributed by atoms with van der Waals surface area (Å²) in [6, 6.07) is 6.47. The zero-order chi connectivity index (χ0) is 11.0. The van der Waals surface area contributed by atoms with Gasteiger partial charge in [0.2, 0.25) is 0 Å². The van der Waals surface area contributed by atoms with E-state index in [1.54, 1.807) is 0 Å². The van der Waals surface area contributed by atoms with Crippen molar-refractivity contribution >= 4 is 5.91 Å². The minimum Gasteiger partial charge on any atom is -0.349 e. The lowest BCUT2D eigenvalue weighted by molar-refractivity contribution is 0.0950. The van der Waals surface area contributed by atoms with Gasteiger partial charge in [-0.05, 0) is 43.0 Å². The van der Waals surface area contributed by atoms with Crippen LogP contribution < -0.4 is 10.6 Å². The second kappa shape index (κ2) is 3.91. The number of hydrogen-bond acceptors (Lipinski definition) is 2. The van der Waals surface area contributed by atoms with E-state index in [0.29, 0.717) is 6.04 Å². The summed E-state index contributed by atoms with van der Waals surface area (Å²) in [7, 11) is 0. The molecule has 0 atom stereocenters. The second-order valence-corrected chi connectivity index (χ2v) is 4.62. The van der Waals surface area contributed by atoms with Gasteiger partial charge in [0, 0.05) is 18.2 Å². The number of carbonyl (C=O) groups excluding carboxylic acids is 1. The van der Waals surface area contributed by atoms with Gasteiger partial charge < -0.3 is 10.6 Å². The number of fused-ring (bicyclic) bond motifs is 1. The summed E-state index contributed by atoms with van der Waals surface area (Å²) in [5, 5.41) is 6.39. The zero-order valence-corrected chi connectivity index (χ0v) is 9.25. The van der Waals surface area contributed by atoms with Crippen LogP contribution in [-0.4, -0.2) is 18.5 Å². The fourth-order valence-corrected chi connectivity index (χ4v) is 2.24. The molecule has 1 amide bonds. The number of benzene rings is 1. The van der Waals surface area contributed by atoms with Crippen LogP contribution in [0.3, 0.4) is 0 Å². The molecule has 0 aromatic heterocycles. The minimum absolute atomic E-state index is 0.112. The number of carbonyl (C=O) groups is 1. The van der Waals surface area contributed by atoms with E-state index in [-0.39, 0.29) is 5.91 Å². The normalized spacial score (nSPS) is 19.0. The Hall–Kier alpha value is -1.35. The summed E-state index contributed by atoms with van der Waals surface area (Å²) < 4.78 is 0. The predicted molar refractivity (Wildman–Crippen MR) is 62.3 cm³/mol. The van der Waals surface area contributed by atoms with Gasteiger partial charge in [-0.15, -0.1) is 0 Å². The molecule has 3 rings (SSSR count). The molecule has 1 saturated carbocycles. The Kier molecular flexibility index (Phi) is 2.40. The highest BCUT2D eigenvalue weighted by atomic mass is 16.1. The van der Waals surface area contributed by atoms with E-state index < -0.39 is 0 Å². The quantitative estimate of drug-likeness (QED) is 0.780. The van der Waals surface area contributed by atoms with Crippen LogP contribution in [0.15, 0.2) is 18.2 Å². The molecule has 0 saturated heterocycles. The molecule has 0 unspecified atom stereocenters. The maximum Gasteiger partial charge on any atom is 0.251 e. The van der Waals surface area contributed by atoms with E-state index in [0.717, 1.165) is 37.9 Å². The molecule has 2 aliphatic rings. The molecule has 1 heterocycles. The van der Waals surface area contributed by atoms with Gasteiger partial charge in [0.05, 0.1) is 0 Å². The van der Waals surface area contributed by atoms with E-state index in [4.69, 9.17) is 0 Å². The third-order valence-corrected chi connectivity index (χ3v) is 3.30. The van der Waals surface area contributed by atoms with Crippen molar-refractivity contribution in [3.63, 3.8) is 0 Å². The topological polar surface area (TPSA) is 41.1 Å². The Morgan fingerprint density at radius 2 is 2.25 bits per heavy atom. The van der Waals surface area contributed by atoms with Crippen LogP contribution in [0.1, 0.15) is 34.3 Å². The summed E-state index contributed by atoms with van der Waals surface area (Å²) in [6.45, 7) is 1.86. The number of nitrogens with one attached hydrogen (secondary N) is 2. The smallest absolute Gasteiger partial charge is 0.251 e. The number of amides is 1. The Labute approximate surface area is 95.2 Å². The van der Waals surface area contributed by atoms with Crippen molar-refractivity contribution in [2.75, 3.05) is 6.54 Å². The molecule has 0 spiro atoms. The van der Waals surface area contributed by atoms with Gasteiger partial charge in [-0.1, -0.05) is 12.1 Å². The molecular formula is C13H16N2O. The van der Waals surface area contributed by atoms with Crippen LogP contribution >= 0.6 is 0 Å². The lowest BCUT2D eigenvalue weighted by atomic mass is 9.95. The maximum atomic E-state index is 12.0. The van der Waals surface area contributed by atoms with E-state index in [9.17, 15) is 4.79 Å². The molecule has 0 radical (unpaired) electrons. The van der Waals surface area contributed by atoms with Crippen LogP contribution in [0.25, 0.3) is 0 Å². The fourth-order valence-electron chi connectivity index (χ4n) is 2.24. The van der Waals surface area contributed by atoms with Gasteiger partial charge in [-0.25, -0.2) is 0 Å².